The molecule has 2 aromatic rings. The van der Waals surface area contributed by atoms with Crippen LogP contribution in [0.15, 0.2) is 59.5 Å². The Balaban J connectivity index is 2.19. The Morgan fingerprint density at radius 3 is 2.14 bits per heavy atom. The first kappa shape index (κ1) is 17.1. The van der Waals surface area contributed by atoms with Crippen molar-refractivity contribution in [3.63, 3.8) is 0 Å². The molecule has 2 nitrogen and oxygen atoms in total. The van der Waals surface area contributed by atoms with Crippen molar-refractivity contribution in [3.8, 4) is 0 Å². The number of aryl methyl sites for hydroxylation is 1. The van der Waals surface area contributed by atoms with Gasteiger partial charge in [0, 0.05) is 4.90 Å². The zero-order valence-electron chi connectivity index (χ0n) is 13.7. The highest BCUT2D eigenvalue weighted by Crippen LogP contribution is 2.25. The van der Waals surface area contributed by atoms with Gasteiger partial charge in [0.2, 0.25) is 0 Å². The van der Waals surface area contributed by atoms with Crippen LogP contribution in [0, 0.1) is 6.92 Å². The van der Waals surface area contributed by atoms with Crippen LogP contribution in [0.2, 0.25) is 19.6 Å². The first-order valence-electron chi connectivity index (χ1n) is 7.53. The maximum absolute atomic E-state index is 12.7. The highest BCUT2D eigenvalue weighted by Gasteiger charge is 2.24. The molecule has 2 rings (SSSR count). The zero-order valence-corrected chi connectivity index (χ0v) is 15.5. The Bertz CT molecular complexity index is 618. The average molecular weight is 333 g/mol. The molecule has 0 spiro atoms. The zero-order chi connectivity index (χ0) is 16.2. The first-order chi connectivity index (χ1) is 10.3. The molecule has 0 fully saturated rings. The van der Waals surface area contributed by atoms with Gasteiger partial charge in [-0.15, -0.1) is 0 Å². The van der Waals surface area contributed by atoms with Crippen LogP contribution in [0.3, 0.4) is 0 Å². The quantitative estimate of drug-likeness (QED) is 0.717. The lowest BCUT2D eigenvalue weighted by atomic mass is 10.1. The van der Waals surface area contributed by atoms with E-state index in [0.717, 1.165) is 10.5 Å². The molecule has 0 aliphatic carbocycles. The molecule has 0 aromatic heterocycles. The molecular weight excluding hydrogens is 308 g/mol. The van der Waals surface area contributed by atoms with Crippen molar-refractivity contribution in [3.05, 3.63) is 65.7 Å². The standard InChI is InChI=1S/C18H24O2SSi/c1-15-10-12-17(13-11-15)21(19)14-18(20-22(2,3)4)16-8-6-5-7-9-16/h5-13,18H,14H2,1-4H3/t18-,21?/m0/s1. The summed E-state index contributed by atoms with van der Waals surface area (Å²) < 4.78 is 19.0. The van der Waals surface area contributed by atoms with E-state index in [0.29, 0.717) is 5.75 Å². The lowest BCUT2D eigenvalue weighted by Crippen LogP contribution is -2.30. The topological polar surface area (TPSA) is 26.3 Å². The highest BCUT2D eigenvalue weighted by atomic mass is 32.2. The van der Waals surface area contributed by atoms with Gasteiger partial charge in [-0.05, 0) is 44.3 Å². The summed E-state index contributed by atoms with van der Waals surface area (Å²) in [6.45, 7) is 8.53. The molecule has 0 saturated heterocycles. The summed E-state index contributed by atoms with van der Waals surface area (Å²) in [7, 11) is -2.77. The van der Waals surface area contributed by atoms with E-state index < -0.39 is 19.1 Å². The van der Waals surface area contributed by atoms with Gasteiger partial charge in [-0.25, -0.2) is 0 Å². The van der Waals surface area contributed by atoms with Crippen LogP contribution >= 0.6 is 0 Å². The molecular formula is C18H24O2SSi. The van der Waals surface area contributed by atoms with Crippen molar-refractivity contribution in [2.45, 2.75) is 37.6 Å². The SMILES string of the molecule is Cc1ccc(S(=O)C[C@H](O[Si](C)(C)C)c2ccccc2)cc1. The van der Waals surface area contributed by atoms with Gasteiger partial charge in [-0.3, -0.25) is 4.21 Å². The molecule has 0 N–H and O–H groups in total. The molecule has 4 heteroatoms. The fourth-order valence-corrected chi connectivity index (χ4v) is 4.58. The Kier molecular flexibility index (Phi) is 5.73. The Hall–Kier alpha value is -1.23. The maximum atomic E-state index is 12.7. The highest BCUT2D eigenvalue weighted by molar-refractivity contribution is 7.85. The molecule has 22 heavy (non-hydrogen) atoms. The monoisotopic (exact) mass is 332 g/mol. The van der Waals surface area contributed by atoms with Gasteiger partial charge in [0.05, 0.1) is 22.7 Å². The molecule has 0 heterocycles. The van der Waals surface area contributed by atoms with Crippen LogP contribution in [0.25, 0.3) is 0 Å². The molecule has 0 saturated carbocycles. The van der Waals surface area contributed by atoms with Crippen LogP contribution in [-0.4, -0.2) is 18.3 Å². The summed E-state index contributed by atoms with van der Waals surface area (Å²) >= 11 is 0. The Morgan fingerprint density at radius 1 is 1.00 bits per heavy atom. The van der Waals surface area contributed by atoms with E-state index >= 15 is 0 Å². The molecule has 0 amide bonds. The van der Waals surface area contributed by atoms with E-state index in [1.165, 1.54) is 5.56 Å². The van der Waals surface area contributed by atoms with E-state index in [4.69, 9.17) is 4.43 Å². The van der Waals surface area contributed by atoms with Crippen LogP contribution in [0.5, 0.6) is 0 Å². The van der Waals surface area contributed by atoms with E-state index in [1.54, 1.807) is 0 Å². The molecule has 0 radical (unpaired) electrons. The van der Waals surface area contributed by atoms with Crippen LogP contribution in [0.4, 0.5) is 0 Å². The smallest absolute Gasteiger partial charge is 0.184 e. The van der Waals surface area contributed by atoms with Gasteiger partial charge in [-0.1, -0.05) is 48.0 Å². The van der Waals surface area contributed by atoms with Crippen LogP contribution in [-0.2, 0) is 15.2 Å². The van der Waals surface area contributed by atoms with Gasteiger partial charge in [0.25, 0.3) is 0 Å². The second-order valence-corrected chi connectivity index (χ2v) is 12.4. The molecule has 0 aliphatic heterocycles. The number of hydrogen-bond acceptors (Lipinski definition) is 2. The second kappa shape index (κ2) is 7.35. The molecule has 0 bridgehead atoms. The second-order valence-electron chi connectivity index (χ2n) is 6.45. The fraction of sp³-hybridized carbons (Fsp3) is 0.333. The van der Waals surface area contributed by atoms with Crippen molar-refractivity contribution < 1.29 is 8.63 Å². The van der Waals surface area contributed by atoms with E-state index in [2.05, 4.69) is 31.8 Å². The lowest BCUT2D eigenvalue weighted by Gasteiger charge is -2.26. The van der Waals surface area contributed by atoms with Crippen molar-refractivity contribution >= 4 is 19.1 Å². The third-order valence-electron chi connectivity index (χ3n) is 3.25. The van der Waals surface area contributed by atoms with Gasteiger partial charge >= 0.3 is 0 Å². The molecule has 0 aliphatic rings. The lowest BCUT2D eigenvalue weighted by molar-refractivity contribution is 0.222. The maximum Gasteiger partial charge on any atom is 0.184 e. The third kappa shape index (κ3) is 5.20. The Morgan fingerprint density at radius 2 is 1.59 bits per heavy atom. The Labute approximate surface area is 137 Å². The van der Waals surface area contributed by atoms with Crippen molar-refractivity contribution in [1.29, 1.82) is 0 Å². The van der Waals surface area contributed by atoms with E-state index in [-0.39, 0.29) is 6.10 Å². The third-order valence-corrected chi connectivity index (χ3v) is 5.65. The molecule has 1 unspecified atom stereocenters. The first-order valence-corrected chi connectivity index (χ1v) is 12.3. The average Bonchev–Trinajstić information content (AvgIpc) is 2.47. The van der Waals surface area contributed by atoms with Crippen molar-refractivity contribution in [2.75, 3.05) is 5.75 Å². The summed E-state index contributed by atoms with van der Waals surface area (Å²) in [5.74, 6) is 0.497. The minimum atomic E-state index is -1.71. The van der Waals surface area contributed by atoms with E-state index in [1.807, 2.05) is 49.4 Å². The summed E-state index contributed by atoms with van der Waals surface area (Å²) in [4.78, 5) is 0.866. The predicted octanol–water partition coefficient (Wildman–Crippen LogP) is 4.70. The number of hydrogen-bond donors (Lipinski definition) is 0. The number of rotatable bonds is 6. The van der Waals surface area contributed by atoms with Gasteiger partial charge < -0.3 is 4.43 Å². The summed E-state index contributed by atoms with van der Waals surface area (Å²) in [6, 6.07) is 18.0. The summed E-state index contributed by atoms with van der Waals surface area (Å²) in [5.41, 5.74) is 2.28. The fourth-order valence-electron chi connectivity index (χ4n) is 2.22. The minimum Gasteiger partial charge on any atom is -0.410 e. The van der Waals surface area contributed by atoms with Gasteiger partial charge in [0.1, 0.15) is 0 Å². The normalized spacial score (nSPS) is 14.5. The summed E-state index contributed by atoms with van der Waals surface area (Å²) in [6.07, 6.45) is -0.116. The van der Waals surface area contributed by atoms with Gasteiger partial charge in [-0.2, -0.15) is 0 Å². The van der Waals surface area contributed by atoms with Crippen molar-refractivity contribution in [2.24, 2.45) is 0 Å². The van der Waals surface area contributed by atoms with E-state index in [9.17, 15) is 4.21 Å². The van der Waals surface area contributed by atoms with Crippen molar-refractivity contribution in [1.82, 2.24) is 0 Å². The predicted molar refractivity (Wildman–Crippen MR) is 96.1 cm³/mol. The molecule has 2 aromatic carbocycles. The molecule has 118 valence electrons. The summed E-state index contributed by atoms with van der Waals surface area (Å²) in [5, 5.41) is 0. The molecule has 2 atom stereocenters. The minimum absolute atomic E-state index is 0.116. The van der Waals surface area contributed by atoms with Crippen LogP contribution < -0.4 is 0 Å². The largest absolute Gasteiger partial charge is 0.410 e. The number of benzene rings is 2. The van der Waals surface area contributed by atoms with Gasteiger partial charge in [0.15, 0.2) is 8.32 Å². The van der Waals surface area contributed by atoms with Crippen LogP contribution in [0.1, 0.15) is 17.2 Å².